The van der Waals surface area contributed by atoms with Crippen molar-refractivity contribution in [1.82, 2.24) is 0 Å². The zero-order chi connectivity index (χ0) is 20.1. The van der Waals surface area contributed by atoms with E-state index < -0.39 is 6.10 Å². The first kappa shape index (κ1) is 23.2. The van der Waals surface area contributed by atoms with Gasteiger partial charge in [-0.3, -0.25) is 9.59 Å². The summed E-state index contributed by atoms with van der Waals surface area (Å²) in [6.45, 7) is 0. The molecule has 0 saturated carbocycles. The van der Waals surface area contributed by atoms with Crippen LogP contribution in [0.25, 0.3) is 0 Å². The molecule has 0 aliphatic rings. The molecule has 0 spiro atoms. The Morgan fingerprint density at radius 3 is 2.56 bits per heavy atom. The van der Waals surface area contributed by atoms with Crippen molar-refractivity contribution in [2.75, 3.05) is 7.11 Å². The van der Waals surface area contributed by atoms with Gasteiger partial charge in [-0.1, -0.05) is 59.6 Å². The Hall–Kier alpha value is -1.88. The van der Waals surface area contributed by atoms with E-state index in [1.165, 1.54) is 13.2 Å². The second-order valence-corrected chi connectivity index (χ2v) is 6.69. The topological polar surface area (TPSA) is 63.6 Å². The van der Waals surface area contributed by atoms with E-state index in [-0.39, 0.29) is 11.8 Å². The lowest BCUT2D eigenvalue weighted by atomic mass is 10.1. The molecule has 0 aliphatic heterocycles. The number of halogens is 2. The minimum Gasteiger partial charge on any atom is -0.469 e. The molecular formula is C21H24Cl2O4. The summed E-state index contributed by atoms with van der Waals surface area (Å²) in [5, 5.41) is 10.7. The van der Waals surface area contributed by atoms with Gasteiger partial charge in [-0.05, 0) is 43.0 Å². The Kier molecular flexibility index (Phi) is 11.4. The number of ketones is 1. The number of aryl methyl sites for hydroxylation is 1. The molecule has 1 atom stereocenters. The third kappa shape index (κ3) is 10.8. The van der Waals surface area contributed by atoms with E-state index in [2.05, 4.69) is 4.74 Å². The van der Waals surface area contributed by atoms with Gasteiger partial charge < -0.3 is 9.84 Å². The first-order valence-electron chi connectivity index (χ1n) is 8.65. The van der Waals surface area contributed by atoms with Crippen molar-refractivity contribution in [1.29, 1.82) is 0 Å². The molecule has 146 valence electrons. The standard InChI is InChI=1S/C21H24Cl2O4/c1-27-21(26)10-6-9-17(24)7-4-2-3-5-8-18(25)13-11-16-12-14-19(22)20(23)15-16/h2-5,7-8,12,14-15,17,24H,6,9-11,13H2,1H3/b3-2+,7-4+,8-5+. The minimum atomic E-state index is -0.615. The average molecular weight is 411 g/mol. The van der Waals surface area contributed by atoms with Gasteiger partial charge in [-0.2, -0.15) is 0 Å². The van der Waals surface area contributed by atoms with E-state index in [9.17, 15) is 14.7 Å². The van der Waals surface area contributed by atoms with Crippen molar-refractivity contribution >= 4 is 35.0 Å². The van der Waals surface area contributed by atoms with Gasteiger partial charge in [-0.15, -0.1) is 0 Å². The van der Waals surface area contributed by atoms with Crippen molar-refractivity contribution in [3.8, 4) is 0 Å². The molecule has 1 N–H and O–H groups in total. The van der Waals surface area contributed by atoms with Crippen LogP contribution in [-0.4, -0.2) is 30.1 Å². The largest absolute Gasteiger partial charge is 0.469 e. The molecule has 0 fully saturated rings. The minimum absolute atomic E-state index is 0.0116. The summed E-state index contributed by atoms with van der Waals surface area (Å²) in [5.41, 5.74) is 0.964. The molecule has 0 aromatic heterocycles. The molecule has 1 rings (SSSR count). The van der Waals surface area contributed by atoms with E-state index in [0.29, 0.717) is 42.1 Å². The lowest BCUT2D eigenvalue weighted by Crippen LogP contribution is -2.05. The number of carbonyl (C=O) groups is 2. The van der Waals surface area contributed by atoms with Crippen molar-refractivity contribution < 1.29 is 19.4 Å². The van der Waals surface area contributed by atoms with Crippen LogP contribution in [0.15, 0.2) is 54.7 Å². The van der Waals surface area contributed by atoms with Gasteiger partial charge in [0.1, 0.15) is 0 Å². The molecule has 1 unspecified atom stereocenters. The molecule has 0 aliphatic carbocycles. The fourth-order valence-electron chi connectivity index (χ4n) is 2.18. The van der Waals surface area contributed by atoms with E-state index in [1.54, 1.807) is 42.5 Å². The van der Waals surface area contributed by atoms with E-state index in [0.717, 1.165) is 5.56 Å². The summed E-state index contributed by atoms with van der Waals surface area (Å²) in [4.78, 5) is 22.8. The summed E-state index contributed by atoms with van der Waals surface area (Å²) in [5.74, 6) is -0.266. The fourth-order valence-corrected chi connectivity index (χ4v) is 2.50. The molecule has 0 bridgehead atoms. The first-order valence-corrected chi connectivity index (χ1v) is 9.41. The zero-order valence-corrected chi connectivity index (χ0v) is 16.7. The predicted molar refractivity (Wildman–Crippen MR) is 109 cm³/mol. The molecule has 1 aromatic rings. The summed E-state index contributed by atoms with van der Waals surface area (Å²) >= 11 is 11.8. The SMILES string of the molecule is COC(=O)CCCC(O)/C=C/C=C/C=C/C(=O)CCc1ccc(Cl)c(Cl)c1. The van der Waals surface area contributed by atoms with Crippen LogP contribution in [0, 0.1) is 0 Å². The number of esters is 1. The molecule has 1 aromatic carbocycles. The number of aliphatic hydroxyl groups excluding tert-OH is 1. The Bertz CT molecular complexity index is 708. The van der Waals surface area contributed by atoms with Gasteiger partial charge in [0.25, 0.3) is 0 Å². The highest BCUT2D eigenvalue weighted by atomic mass is 35.5. The summed E-state index contributed by atoms with van der Waals surface area (Å²) in [6.07, 6.45) is 11.7. The fraction of sp³-hybridized carbons (Fsp3) is 0.333. The Labute approximate surface area is 170 Å². The molecule has 0 saturated heterocycles. The maximum atomic E-state index is 11.8. The average Bonchev–Trinajstić information content (AvgIpc) is 2.65. The van der Waals surface area contributed by atoms with Gasteiger partial charge in [0.15, 0.2) is 5.78 Å². The van der Waals surface area contributed by atoms with Crippen molar-refractivity contribution in [3.63, 3.8) is 0 Å². The molecule has 0 radical (unpaired) electrons. The van der Waals surface area contributed by atoms with Gasteiger partial charge in [-0.25, -0.2) is 0 Å². The third-order valence-corrected chi connectivity index (χ3v) is 4.44. The maximum Gasteiger partial charge on any atom is 0.305 e. The van der Waals surface area contributed by atoms with Crippen molar-refractivity contribution in [2.45, 2.75) is 38.2 Å². The number of allylic oxidation sites excluding steroid dienone is 5. The Morgan fingerprint density at radius 2 is 1.85 bits per heavy atom. The second kappa shape index (κ2) is 13.3. The van der Waals surface area contributed by atoms with Crippen LogP contribution in [0.2, 0.25) is 10.0 Å². The van der Waals surface area contributed by atoms with Gasteiger partial charge in [0.05, 0.1) is 23.3 Å². The number of benzene rings is 1. The second-order valence-electron chi connectivity index (χ2n) is 5.88. The molecular weight excluding hydrogens is 387 g/mol. The highest BCUT2D eigenvalue weighted by Crippen LogP contribution is 2.23. The Balaban J connectivity index is 2.26. The smallest absolute Gasteiger partial charge is 0.305 e. The number of ether oxygens (including phenoxy) is 1. The highest BCUT2D eigenvalue weighted by Gasteiger charge is 2.03. The normalized spacial score (nSPS) is 12.9. The van der Waals surface area contributed by atoms with Crippen LogP contribution in [0.3, 0.4) is 0 Å². The van der Waals surface area contributed by atoms with Crippen LogP contribution in [-0.2, 0) is 20.7 Å². The molecule has 0 amide bonds. The van der Waals surface area contributed by atoms with Gasteiger partial charge in [0.2, 0.25) is 0 Å². The Morgan fingerprint density at radius 1 is 1.11 bits per heavy atom. The third-order valence-electron chi connectivity index (χ3n) is 3.70. The molecule has 4 nitrogen and oxygen atoms in total. The highest BCUT2D eigenvalue weighted by molar-refractivity contribution is 6.42. The summed E-state index contributed by atoms with van der Waals surface area (Å²) in [6, 6.07) is 5.34. The van der Waals surface area contributed by atoms with Crippen LogP contribution in [0.4, 0.5) is 0 Å². The quantitative estimate of drug-likeness (QED) is 0.321. The lowest BCUT2D eigenvalue weighted by molar-refractivity contribution is -0.140. The molecule has 27 heavy (non-hydrogen) atoms. The first-order chi connectivity index (χ1) is 12.9. The number of carbonyl (C=O) groups excluding carboxylic acids is 2. The van der Waals surface area contributed by atoms with E-state index in [4.69, 9.17) is 23.2 Å². The number of methoxy groups -OCH3 is 1. The van der Waals surface area contributed by atoms with Crippen LogP contribution in [0.1, 0.15) is 31.2 Å². The van der Waals surface area contributed by atoms with Crippen LogP contribution >= 0.6 is 23.2 Å². The van der Waals surface area contributed by atoms with E-state index >= 15 is 0 Å². The number of hydrogen-bond donors (Lipinski definition) is 1. The maximum absolute atomic E-state index is 11.8. The van der Waals surface area contributed by atoms with Crippen molar-refractivity contribution in [3.05, 3.63) is 70.3 Å². The predicted octanol–water partition coefficient (Wildman–Crippen LogP) is 4.87. The monoisotopic (exact) mass is 410 g/mol. The van der Waals surface area contributed by atoms with Crippen LogP contribution in [0.5, 0.6) is 0 Å². The number of rotatable bonds is 11. The lowest BCUT2D eigenvalue weighted by Gasteiger charge is -2.03. The van der Waals surface area contributed by atoms with Gasteiger partial charge in [0, 0.05) is 12.8 Å². The summed E-state index contributed by atoms with van der Waals surface area (Å²) < 4.78 is 4.53. The molecule has 6 heteroatoms. The zero-order valence-electron chi connectivity index (χ0n) is 15.2. The van der Waals surface area contributed by atoms with Crippen LogP contribution < -0.4 is 0 Å². The van der Waals surface area contributed by atoms with E-state index in [1.807, 2.05) is 6.07 Å². The van der Waals surface area contributed by atoms with Gasteiger partial charge >= 0.3 is 5.97 Å². The summed E-state index contributed by atoms with van der Waals surface area (Å²) in [7, 11) is 1.34. The van der Waals surface area contributed by atoms with Crippen molar-refractivity contribution in [2.24, 2.45) is 0 Å². The number of hydrogen-bond acceptors (Lipinski definition) is 4. The molecule has 0 heterocycles. The number of aliphatic hydroxyl groups is 1.